The fourth-order valence-corrected chi connectivity index (χ4v) is 16.5. The van der Waals surface area contributed by atoms with Crippen LogP contribution in [0.2, 0.25) is 0 Å². The molecule has 10 aliphatic rings. The van der Waals surface area contributed by atoms with Crippen LogP contribution in [0.25, 0.3) is 6.08 Å². The molecule has 11 unspecified atom stereocenters. The zero-order valence-electron chi connectivity index (χ0n) is 29.4. The normalized spacial score (nSPS) is 47.4. The van der Waals surface area contributed by atoms with Crippen molar-refractivity contribution in [3.63, 3.8) is 0 Å². The predicted octanol–water partition coefficient (Wildman–Crippen LogP) is 12.4. The SMILES string of the molecule is C1=CC2CCC3C(C4CCC(C5=Cc6ccccc6CC5)CC4)CCC4CCC(=C1C1CCCC5C6CCCCC6C6(CC6)C15)C2C43. The Balaban J connectivity index is 0.849. The lowest BCUT2D eigenvalue weighted by Crippen LogP contribution is -2.50. The largest absolute Gasteiger partial charge is 0.0805 e. The van der Waals surface area contributed by atoms with Gasteiger partial charge in [-0.25, -0.2) is 0 Å². The van der Waals surface area contributed by atoms with Crippen molar-refractivity contribution in [3.05, 3.63) is 64.3 Å². The van der Waals surface area contributed by atoms with Crippen LogP contribution < -0.4 is 0 Å². The predicted molar refractivity (Wildman–Crippen MR) is 194 cm³/mol. The molecule has 0 aliphatic heterocycles. The molecule has 0 bridgehead atoms. The Labute approximate surface area is 286 Å². The van der Waals surface area contributed by atoms with Crippen LogP contribution in [-0.2, 0) is 6.42 Å². The Morgan fingerprint density at radius 1 is 0.617 bits per heavy atom. The maximum Gasteiger partial charge on any atom is -0.0100 e. The van der Waals surface area contributed by atoms with Gasteiger partial charge in [0, 0.05) is 0 Å². The summed E-state index contributed by atoms with van der Waals surface area (Å²) >= 11 is 0. The molecule has 0 N–H and O–H groups in total. The number of allylic oxidation sites excluding steroid dienone is 5. The quantitative estimate of drug-likeness (QED) is 0.313. The van der Waals surface area contributed by atoms with Crippen LogP contribution in [0.4, 0.5) is 0 Å². The lowest BCUT2D eigenvalue weighted by atomic mass is 9.46. The maximum absolute atomic E-state index is 2.85. The van der Waals surface area contributed by atoms with Crippen LogP contribution in [-0.4, -0.2) is 0 Å². The molecule has 10 aliphatic carbocycles. The Bertz CT molecular complexity index is 1470. The third kappa shape index (κ3) is 4.43. The molecule has 0 radical (unpaired) electrons. The first-order valence-electron chi connectivity index (χ1n) is 21.5. The van der Waals surface area contributed by atoms with Gasteiger partial charge in [-0.15, -0.1) is 0 Å². The molecule has 0 heteroatoms. The lowest BCUT2D eigenvalue weighted by molar-refractivity contribution is -0.0448. The Hall–Kier alpha value is -1.56. The molecule has 250 valence electrons. The summed E-state index contributed by atoms with van der Waals surface area (Å²) in [6, 6.07) is 9.20. The smallest absolute Gasteiger partial charge is 0.0100 e. The minimum absolute atomic E-state index is 0.789. The third-order valence-corrected chi connectivity index (χ3v) is 18.2. The zero-order chi connectivity index (χ0) is 30.7. The van der Waals surface area contributed by atoms with E-state index in [-0.39, 0.29) is 0 Å². The van der Waals surface area contributed by atoms with Crippen LogP contribution in [0.15, 0.2) is 53.1 Å². The first-order chi connectivity index (χ1) is 23.3. The van der Waals surface area contributed by atoms with Gasteiger partial charge in [-0.2, -0.15) is 0 Å². The summed E-state index contributed by atoms with van der Waals surface area (Å²) in [5, 5.41) is 0. The van der Waals surface area contributed by atoms with Gasteiger partial charge in [-0.05, 0) is 215 Å². The second kappa shape index (κ2) is 11.2. The van der Waals surface area contributed by atoms with Gasteiger partial charge in [-0.1, -0.05) is 72.9 Å². The van der Waals surface area contributed by atoms with Crippen molar-refractivity contribution in [3.8, 4) is 0 Å². The lowest BCUT2D eigenvalue weighted by Gasteiger charge is -2.58. The van der Waals surface area contributed by atoms with E-state index in [9.17, 15) is 0 Å². The van der Waals surface area contributed by atoms with Gasteiger partial charge >= 0.3 is 0 Å². The van der Waals surface area contributed by atoms with Gasteiger partial charge in [0.2, 0.25) is 0 Å². The average molecular weight is 627 g/mol. The molecule has 11 atom stereocenters. The zero-order valence-corrected chi connectivity index (χ0v) is 29.4. The van der Waals surface area contributed by atoms with Gasteiger partial charge in [0.1, 0.15) is 0 Å². The third-order valence-electron chi connectivity index (χ3n) is 18.2. The van der Waals surface area contributed by atoms with E-state index in [1.54, 1.807) is 81.8 Å². The average Bonchev–Trinajstić information content (AvgIpc) is 3.89. The summed E-state index contributed by atoms with van der Waals surface area (Å²) in [6.45, 7) is 0. The molecule has 0 saturated heterocycles. The maximum atomic E-state index is 2.85. The topological polar surface area (TPSA) is 0 Å². The molecule has 1 aromatic rings. The van der Waals surface area contributed by atoms with E-state index < -0.39 is 0 Å². The van der Waals surface area contributed by atoms with Crippen molar-refractivity contribution >= 4 is 6.08 Å². The van der Waals surface area contributed by atoms with Gasteiger partial charge in [0.05, 0.1) is 0 Å². The number of aryl methyl sites for hydroxylation is 1. The molecule has 1 aromatic carbocycles. The molecule has 8 fully saturated rings. The summed E-state index contributed by atoms with van der Waals surface area (Å²) in [4.78, 5) is 0. The summed E-state index contributed by atoms with van der Waals surface area (Å²) in [5.74, 6) is 13.2. The summed E-state index contributed by atoms with van der Waals surface area (Å²) < 4.78 is 0. The fourth-order valence-electron chi connectivity index (χ4n) is 16.5. The fraction of sp³-hybridized carbons (Fsp3) is 0.745. The van der Waals surface area contributed by atoms with Crippen molar-refractivity contribution in [2.45, 2.75) is 135 Å². The first kappa shape index (κ1) is 29.2. The second-order valence-corrected chi connectivity index (χ2v) is 19.4. The number of benzene rings is 1. The molecular weight excluding hydrogens is 565 g/mol. The van der Waals surface area contributed by atoms with Gasteiger partial charge < -0.3 is 0 Å². The molecule has 0 heterocycles. The first-order valence-corrected chi connectivity index (χ1v) is 21.5. The summed E-state index contributed by atoms with van der Waals surface area (Å²) in [7, 11) is 0. The summed E-state index contributed by atoms with van der Waals surface area (Å²) in [6.07, 6.45) is 40.3. The van der Waals surface area contributed by atoms with Crippen LogP contribution in [0.3, 0.4) is 0 Å². The minimum atomic E-state index is 0.789. The molecular formula is C47H62. The molecule has 0 nitrogen and oxygen atoms in total. The molecule has 1 spiro atoms. The number of hydrogen-bond acceptors (Lipinski definition) is 0. The van der Waals surface area contributed by atoms with Crippen molar-refractivity contribution in [1.82, 2.24) is 0 Å². The van der Waals surface area contributed by atoms with Crippen molar-refractivity contribution in [2.75, 3.05) is 0 Å². The Kier molecular flexibility index (Phi) is 6.97. The summed E-state index contributed by atoms with van der Waals surface area (Å²) in [5.41, 5.74) is 9.75. The molecule has 11 rings (SSSR count). The Morgan fingerprint density at radius 2 is 1.45 bits per heavy atom. The van der Waals surface area contributed by atoms with Gasteiger partial charge in [0.15, 0.2) is 0 Å². The van der Waals surface area contributed by atoms with E-state index in [4.69, 9.17) is 0 Å². The Morgan fingerprint density at radius 3 is 2.36 bits per heavy atom. The van der Waals surface area contributed by atoms with Crippen LogP contribution in [0.1, 0.15) is 140 Å². The molecule has 8 saturated carbocycles. The van der Waals surface area contributed by atoms with Crippen molar-refractivity contribution < 1.29 is 0 Å². The molecule has 0 amide bonds. The second-order valence-electron chi connectivity index (χ2n) is 19.4. The number of fused-ring (bicyclic) bond motifs is 6. The number of rotatable bonds is 3. The highest BCUT2D eigenvalue weighted by Gasteiger charge is 2.68. The monoisotopic (exact) mass is 626 g/mol. The van der Waals surface area contributed by atoms with Gasteiger partial charge in [0.25, 0.3) is 0 Å². The highest BCUT2D eigenvalue weighted by Crippen LogP contribution is 2.75. The molecule has 47 heavy (non-hydrogen) atoms. The van der Waals surface area contributed by atoms with E-state index in [2.05, 4.69) is 48.1 Å². The van der Waals surface area contributed by atoms with E-state index >= 15 is 0 Å². The van der Waals surface area contributed by atoms with Crippen LogP contribution in [0, 0.1) is 82.3 Å². The van der Waals surface area contributed by atoms with E-state index in [1.807, 2.05) is 5.57 Å². The highest BCUT2D eigenvalue weighted by molar-refractivity contribution is 5.60. The van der Waals surface area contributed by atoms with Gasteiger partial charge in [-0.3, -0.25) is 0 Å². The minimum Gasteiger partial charge on any atom is -0.0805 e. The van der Waals surface area contributed by atoms with E-state index in [0.29, 0.717) is 0 Å². The van der Waals surface area contributed by atoms with Crippen molar-refractivity contribution in [2.24, 2.45) is 82.3 Å². The highest BCUT2D eigenvalue weighted by atomic mass is 14.7. The van der Waals surface area contributed by atoms with Crippen LogP contribution >= 0.6 is 0 Å². The standard InChI is InChI=1S/C47H62/c1-2-7-34-28-35(17-14-29(34)6-1)30-12-15-31(16-13-30)36-22-18-32-21-25-40-37(23-19-33-20-24-39(36)44(32)45(33)40)41-9-5-10-42-38-8-3-4-11-43(38)47(26-27-47)46(41)42/h1-2,6-7,19,23,28,30-33,36,38-39,41-46H,3-5,8-18,20-22,24-27H2. The number of hydrogen-bond donors (Lipinski definition) is 0. The van der Waals surface area contributed by atoms with Crippen LogP contribution in [0.5, 0.6) is 0 Å². The van der Waals surface area contributed by atoms with E-state index in [0.717, 1.165) is 82.3 Å². The molecule has 0 aromatic heterocycles. The van der Waals surface area contributed by atoms with E-state index in [1.165, 1.54) is 69.8 Å². The van der Waals surface area contributed by atoms with Crippen molar-refractivity contribution in [1.29, 1.82) is 0 Å².